The minimum absolute atomic E-state index is 0.0568. The Hall–Kier alpha value is -2.78. The molecule has 0 amide bonds. The molecule has 3 heterocycles. The Kier molecular flexibility index (Phi) is 5.52. The van der Waals surface area contributed by atoms with Gasteiger partial charge in [0.15, 0.2) is 17.4 Å². The van der Waals surface area contributed by atoms with E-state index in [2.05, 4.69) is 25.9 Å². The van der Waals surface area contributed by atoms with Crippen LogP contribution in [0.2, 0.25) is 0 Å². The molecule has 27 heavy (non-hydrogen) atoms. The highest BCUT2D eigenvalue weighted by molar-refractivity contribution is 5.71. The molecule has 144 valence electrons. The molecule has 3 rings (SSSR count). The molecule has 0 aromatic carbocycles. The number of nitrogens with zero attached hydrogens (tertiary/aromatic N) is 5. The van der Waals surface area contributed by atoms with Gasteiger partial charge in [-0.15, -0.1) is 6.42 Å². The predicted octanol–water partition coefficient (Wildman–Crippen LogP) is -1.39. The maximum Gasteiger partial charge on any atom is 0.280 e. The van der Waals surface area contributed by atoms with E-state index in [4.69, 9.17) is 15.9 Å². The number of aliphatic imine (C=N–C) groups is 1. The molecule has 1 fully saturated rings. The van der Waals surface area contributed by atoms with Gasteiger partial charge in [0, 0.05) is 14.1 Å². The molecule has 4 atom stereocenters. The normalized spacial score (nSPS) is 25.3. The fourth-order valence-electron chi connectivity index (χ4n) is 2.75. The van der Waals surface area contributed by atoms with Gasteiger partial charge in [0.1, 0.15) is 24.9 Å². The Bertz CT molecular complexity index is 930. The van der Waals surface area contributed by atoms with E-state index >= 15 is 0 Å². The van der Waals surface area contributed by atoms with Crippen molar-refractivity contribution < 1.29 is 19.7 Å². The number of aliphatic hydroxyl groups is 2. The number of rotatable bonds is 6. The molecule has 0 aliphatic carbocycles. The van der Waals surface area contributed by atoms with Gasteiger partial charge in [0.25, 0.3) is 5.56 Å². The van der Waals surface area contributed by atoms with Crippen molar-refractivity contribution in [2.75, 3.05) is 27.3 Å². The smallest absolute Gasteiger partial charge is 0.280 e. The molecule has 3 N–H and O–H groups in total. The minimum Gasteiger partial charge on any atom is -0.394 e. The number of fused-ring (bicyclic) bond motifs is 1. The lowest BCUT2D eigenvalue weighted by Gasteiger charge is -2.21. The number of aliphatic hydroxyl groups excluding tert-OH is 2. The number of imidazole rings is 1. The van der Waals surface area contributed by atoms with E-state index in [0.717, 1.165) is 0 Å². The Labute approximate surface area is 154 Å². The zero-order valence-electron chi connectivity index (χ0n) is 14.8. The van der Waals surface area contributed by atoms with E-state index in [1.165, 1.54) is 17.2 Å². The average molecular weight is 376 g/mol. The quantitative estimate of drug-likeness (QED) is 0.318. The van der Waals surface area contributed by atoms with Gasteiger partial charge < -0.3 is 24.6 Å². The van der Waals surface area contributed by atoms with Crippen LogP contribution in [0.4, 0.5) is 5.95 Å². The fourth-order valence-corrected chi connectivity index (χ4v) is 2.75. The second-order valence-electron chi connectivity index (χ2n) is 6.14. The SMILES string of the molecule is C#CCO[C@@H]1[C@H](O)[C@@H](CO)O[C@H]1n1cnc2c(=O)[nH]c(N=CN(C)C)nc21. The Balaban J connectivity index is 2.04. The lowest BCUT2D eigenvalue weighted by molar-refractivity contribution is -0.0636. The lowest BCUT2D eigenvalue weighted by atomic mass is 10.1. The number of hydrogen-bond acceptors (Lipinski definition) is 8. The second kappa shape index (κ2) is 7.85. The highest BCUT2D eigenvalue weighted by atomic mass is 16.6. The van der Waals surface area contributed by atoms with Crippen LogP contribution >= 0.6 is 0 Å². The fraction of sp³-hybridized carbons (Fsp3) is 0.500. The highest BCUT2D eigenvalue weighted by Crippen LogP contribution is 2.33. The van der Waals surface area contributed by atoms with Crippen LogP contribution in [0.15, 0.2) is 16.1 Å². The van der Waals surface area contributed by atoms with Crippen molar-refractivity contribution in [3.63, 3.8) is 0 Å². The summed E-state index contributed by atoms with van der Waals surface area (Å²) in [6.45, 7) is -0.467. The third-order valence-electron chi connectivity index (χ3n) is 3.96. The lowest BCUT2D eigenvalue weighted by Crippen LogP contribution is -2.35. The first kappa shape index (κ1) is 19.0. The van der Waals surface area contributed by atoms with E-state index in [0.29, 0.717) is 0 Å². The van der Waals surface area contributed by atoms with Crippen LogP contribution in [0.1, 0.15) is 6.23 Å². The molecule has 1 saturated heterocycles. The summed E-state index contributed by atoms with van der Waals surface area (Å²) in [5.74, 6) is 2.41. The summed E-state index contributed by atoms with van der Waals surface area (Å²) in [5, 5.41) is 19.8. The third kappa shape index (κ3) is 3.69. The average Bonchev–Trinajstić information content (AvgIpc) is 3.19. The van der Waals surface area contributed by atoms with Crippen molar-refractivity contribution in [1.82, 2.24) is 24.4 Å². The number of H-pyrrole nitrogens is 1. The molecule has 1 aliphatic heterocycles. The van der Waals surface area contributed by atoms with Crippen LogP contribution in [-0.2, 0) is 9.47 Å². The molecular formula is C16H20N6O5. The Morgan fingerprint density at radius 2 is 2.37 bits per heavy atom. The van der Waals surface area contributed by atoms with Gasteiger partial charge in [-0.05, 0) is 0 Å². The standard InChI is InChI=1S/C16H20N6O5/c1-4-5-26-12-11(24)9(6-23)27-15(12)22-8-17-10-13(22)19-16(20-14(10)25)18-7-21(2)3/h1,7-9,11-12,15,23-24H,5-6H2,2-3H3,(H,19,20,25)/t9-,11-,12-,15-/m1/s1. The number of ether oxygens (including phenoxy) is 2. The van der Waals surface area contributed by atoms with Crippen molar-refractivity contribution >= 4 is 23.5 Å². The van der Waals surface area contributed by atoms with E-state index < -0.39 is 36.7 Å². The largest absolute Gasteiger partial charge is 0.394 e. The van der Waals surface area contributed by atoms with E-state index in [9.17, 15) is 15.0 Å². The number of aromatic amines is 1. The zero-order chi connectivity index (χ0) is 19.6. The maximum atomic E-state index is 12.3. The van der Waals surface area contributed by atoms with Crippen LogP contribution in [-0.4, -0.2) is 86.6 Å². The van der Waals surface area contributed by atoms with Crippen LogP contribution in [0, 0.1) is 12.3 Å². The Morgan fingerprint density at radius 3 is 3.04 bits per heavy atom. The first-order valence-electron chi connectivity index (χ1n) is 8.13. The summed E-state index contributed by atoms with van der Waals surface area (Å²) in [6.07, 6.45) is 4.34. The second-order valence-corrected chi connectivity index (χ2v) is 6.14. The zero-order valence-corrected chi connectivity index (χ0v) is 14.8. The molecule has 11 nitrogen and oxygen atoms in total. The van der Waals surface area contributed by atoms with E-state index in [1.807, 2.05) is 0 Å². The molecule has 11 heteroatoms. The molecule has 2 aromatic rings. The molecule has 0 unspecified atom stereocenters. The molecule has 0 bridgehead atoms. The van der Waals surface area contributed by atoms with Crippen molar-refractivity contribution in [3.8, 4) is 12.3 Å². The summed E-state index contributed by atoms with van der Waals surface area (Å²) >= 11 is 0. The van der Waals surface area contributed by atoms with Crippen LogP contribution < -0.4 is 5.56 Å². The molecule has 0 radical (unpaired) electrons. The molecule has 0 spiro atoms. The first-order valence-corrected chi connectivity index (χ1v) is 8.13. The van der Waals surface area contributed by atoms with E-state index in [1.54, 1.807) is 19.0 Å². The summed E-state index contributed by atoms with van der Waals surface area (Å²) in [4.78, 5) is 28.9. The molecular weight excluding hydrogens is 356 g/mol. The van der Waals surface area contributed by atoms with Gasteiger partial charge in [-0.3, -0.25) is 14.3 Å². The topological polar surface area (TPSA) is 138 Å². The van der Waals surface area contributed by atoms with Gasteiger partial charge in [-0.25, -0.2) is 9.98 Å². The number of nitrogens with one attached hydrogen (secondary N) is 1. The van der Waals surface area contributed by atoms with Crippen molar-refractivity contribution in [2.24, 2.45) is 4.99 Å². The highest BCUT2D eigenvalue weighted by Gasteiger charge is 2.45. The number of aromatic nitrogens is 4. The number of hydrogen-bond donors (Lipinski definition) is 3. The minimum atomic E-state index is -1.11. The van der Waals surface area contributed by atoms with Gasteiger partial charge in [-0.2, -0.15) is 4.98 Å². The van der Waals surface area contributed by atoms with Gasteiger partial charge in [0.2, 0.25) is 5.95 Å². The number of terminal acetylenes is 1. The predicted molar refractivity (Wildman–Crippen MR) is 95.6 cm³/mol. The van der Waals surface area contributed by atoms with Crippen LogP contribution in [0.5, 0.6) is 0 Å². The summed E-state index contributed by atoms with van der Waals surface area (Å²) < 4.78 is 12.7. The van der Waals surface area contributed by atoms with Gasteiger partial charge in [-0.1, -0.05) is 5.92 Å². The summed E-state index contributed by atoms with van der Waals surface area (Å²) in [6, 6.07) is 0. The first-order chi connectivity index (χ1) is 13.0. The van der Waals surface area contributed by atoms with Crippen molar-refractivity contribution in [1.29, 1.82) is 0 Å². The van der Waals surface area contributed by atoms with E-state index in [-0.39, 0.29) is 23.7 Å². The molecule has 1 aliphatic rings. The maximum absolute atomic E-state index is 12.3. The summed E-state index contributed by atoms with van der Waals surface area (Å²) in [5.41, 5.74) is -0.183. The summed E-state index contributed by atoms with van der Waals surface area (Å²) in [7, 11) is 3.56. The van der Waals surface area contributed by atoms with Crippen LogP contribution in [0.3, 0.4) is 0 Å². The van der Waals surface area contributed by atoms with Gasteiger partial charge in [0.05, 0.1) is 19.3 Å². The van der Waals surface area contributed by atoms with Crippen molar-refractivity contribution in [2.45, 2.75) is 24.5 Å². The molecule has 0 saturated carbocycles. The Morgan fingerprint density at radius 1 is 1.59 bits per heavy atom. The molecule has 2 aromatic heterocycles. The monoisotopic (exact) mass is 376 g/mol. The third-order valence-corrected chi connectivity index (χ3v) is 3.96. The van der Waals surface area contributed by atoms with Crippen LogP contribution in [0.25, 0.3) is 11.2 Å². The van der Waals surface area contributed by atoms with Gasteiger partial charge >= 0.3 is 0 Å². The van der Waals surface area contributed by atoms with Crippen molar-refractivity contribution in [3.05, 3.63) is 16.7 Å².